The molecule has 1 aromatic rings. The Bertz CT molecular complexity index is 875. The lowest BCUT2D eigenvalue weighted by molar-refractivity contribution is -0.150. The van der Waals surface area contributed by atoms with Crippen molar-refractivity contribution >= 4 is 11.9 Å². The summed E-state index contributed by atoms with van der Waals surface area (Å²) in [6, 6.07) is 10.0. The molecule has 1 aromatic carbocycles. The number of benzene rings is 1. The first-order valence-electron chi connectivity index (χ1n) is 14.5. The number of ether oxygens (including phenoxy) is 1. The number of rotatable bonds is 19. The van der Waals surface area contributed by atoms with Crippen molar-refractivity contribution in [3.63, 3.8) is 0 Å². The topological polar surface area (TPSA) is 131 Å². The number of nitrogens with one attached hydrogen (secondary N) is 1. The fraction of sp³-hybridized carbons (Fsp3) is 0.613. The zero-order valence-corrected chi connectivity index (χ0v) is 23.4. The number of aliphatic hydroxyl groups excluding tert-OH is 2. The summed E-state index contributed by atoms with van der Waals surface area (Å²) in [5.74, 6) is 4.51. The third-order valence-electron chi connectivity index (χ3n) is 7.17. The quantitative estimate of drug-likeness (QED) is 0.0891. The Morgan fingerprint density at radius 3 is 2.67 bits per heavy atom. The van der Waals surface area contributed by atoms with E-state index >= 15 is 0 Å². The summed E-state index contributed by atoms with van der Waals surface area (Å²) in [6.45, 7) is 3.00. The predicted molar refractivity (Wildman–Crippen MR) is 152 cm³/mol. The van der Waals surface area contributed by atoms with E-state index in [1.165, 1.54) is 5.56 Å². The van der Waals surface area contributed by atoms with Crippen molar-refractivity contribution in [2.75, 3.05) is 13.2 Å². The molecular weight excluding hydrogens is 496 g/mol. The summed E-state index contributed by atoms with van der Waals surface area (Å²) in [5, 5.41) is 24.3. The second-order valence-corrected chi connectivity index (χ2v) is 10.3. The van der Waals surface area contributed by atoms with Crippen molar-refractivity contribution in [2.45, 2.75) is 95.9 Å². The molecule has 2 rings (SSSR count). The Hall–Kier alpha value is -2.52. The monoisotopic (exact) mass is 544 g/mol. The van der Waals surface area contributed by atoms with Crippen LogP contribution in [0.4, 0.5) is 0 Å². The molecule has 1 saturated carbocycles. The van der Waals surface area contributed by atoms with Gasteiger partial charge < -0.3 is 25.1 Å². The molecule has 0 unspecified atom stereocenters. The van der Waals surface area contributed by atoms with Crippen LogP contribution in [0.15, 0.2) is 54.6 Å². The molecule has 0 aromatic heterocycles. The molecule has 5 atom stereocenters. The van der Waals surface area contributed by atoms with Gasteiger partial charge in [0.1, 0.15) is 6.10 Å². The van der Waals surface area contributed by atoms with Gasteiger partial charge in [-0.05, 0) is 63.4 Å². The molecular formula is C31H48N2O6. The van der Waals surface area contributed by atoms with Crippen LogP contribution in [-0.4, -0.2) is 53.6 Å². The van der Waals surface area contributed by atoms with E-state index in [1.54, 1.807) is 6.08 Å². The van der Waals surface area contributed by atoms with Crippen LogP contribution in [0.25, 0.3) is 0 Å². The minimum Gasteiger partial charge on any atom is -0.462 e. The number of aliphatic hydroxyl groups is 2. The van der Waals surface area contributed by atoms with Gasteiger partial charge in [0.15, 0.2) is 0 Å². The number of aryl methyl sites for hydroxylation is 1. The van der Waals surface area contributed by atoms with Gasteiger partial charge in [0.25, 0.3) is 0 Å². The molecule has 1 aliphatic rings. The molecule has 1 fully saturated rings. The molecule has 1 aliphatic carbocycles. The lowest BCUT2D eigenvalue weighted by Gasteiger charge is -2.22. The number of amides is 1. The first-order valence-corrected chi connectivity index (χ1v) is 14.5. The van der Waals surface area contributed by atoms with Gasteiger partial charge >= 0.3 is 5.97 Å². The summed E-state index contributed by atoms with van der Waals surface area (Å²) in [6.07, 6.45) is 13.1. The highest BCUT2D eigenvalue weighted by atomic mass is 16.6. The summed E-state index contributed by atoms with van der Waals surface area (Å²) in [7, 11) is 0. The van der Waals surface area contributed by atoms with Crippen LogP contribution in [0.5, 0.6) is 0 Å². The molecule has 0 radical (unpaired) electrons. The predicted octanol–water partition coefficient (Wildman–Crippen LogP) is 4.15. The number of unbranched alkanes of at least 4 members (excludes halogenated alkanes) is 3. The van der Waals surface area contributed by atoms with E-state index in [9.17, 15) is 19.8 Å². The zero-order valence-electron chi connectivity index (χ0n) is 23.4. The number of esters is 1. The smallest absolute Gasteiger partial charge is 0.306 e. The number of carbonyl (C=O) groups excluding carboxylic acids is 2. The molecule has 0 saturated heterocycles. The van der Waals surface area contributed by atoms with Crippen molar-refractivity contribution in [1.82, 2.24) is 5.32 Å². The highest BCUT2D eigenvalue weighted by Gasteiger charge is 2.42. The molecule has 1 amide bonds. The van der Waals surface area contributed by atoms with E-state index in [4.69, 9.17) is 10.6 Å². The molecule has 0 aliphatic heterocycles. The van der Waals surface area contributed by atoms with Gasteiger partial charge in [-0.15, -0.1) is 0 Å². The fourth-order valence-electron chi connectivity index (χ4n) is 5.02. The maximum Gasteiger partial charge on any atom is 0.306 e. The fourth-order valence-corrected chi connectivity index (χ4v) is 5.02. The van der Waals surface area contributed by atoms with E-state index in [-0.39, 0.29) is 23.7 Å². The SMILES string of the molecule is CCNC(=O)CCC/C=C\C[C@@H]1[C@@H](/C=C/[C@@H](O)CCc2ccccc2)[C@H](OC(=O)CCCCCON)C[C@@H]1O. The third kappa shape index (κ3) is 13.4. The van der Waals surface area contributed by atoms with Crippen LogP contribution in [0, 0.1) is 11.8 Å². The van der Waals surface area contributed by atoms with Gasteiger partial charge in [0.05, 0.1) is 18.8 Å². The van der Waals surface area contributed by atoms with E-state index < -0.39 is 18.3 Å². The number of carbonyl (C=O) groups is 2. The summed E-state index contributed by atoms with van der Waals surface area (Å²) in [4.78, 5) is 28.7. The Balaban J connectivity index is 1.95. The molecule has 0 bridgehead atoms. The molecule has 5 N–H and O–H groups in total. The first kappa shape index (κ1) is 32.7. The normalized spacial score (nSPS) is 21.9. The Morgan fingerprint density at radius 2 is 1.92 bits per heavy atom. The average molecular weight is 545 g/mol. The van der Waals surface area contributed by atoms with Crippen molar-refractivity contribution in [3.8, 4) is 0 Å². The van der Waals surface area contributed by atoms with E-state index in [0.29, 0.717) is 51.7 Å². The van der Waals surface area contributed by atoms with Crippen molar-refractivity contribution < 1.29 is 29.4 Å². The van der Waals surface area contributed by atoms with Crippen molar-refractivity contribution in [3.05, 3.63) is 60.2 Å². The van der Waals surface area contributed by atoms with Gasteiger partial charge in [-0.3, -0.25) is 9.59 Å². The Labute approximate surface area is 233 Å². The minimum absolute atomic E-state index is 0.0607. The number of nitrogens with two attached hydrogens (primary N) is 1. The number of allylic oxidation sites excluding steroid dienone is 2. The van der Waals surface area contributed by atoms with E-state index in [2.05, 4.69) is 10.2 Å². The molecule has 0 heterocycles. The van der Waals surface area contributed by atoms with E-state index in [0.717, 1.165) is 32.1 Å². The molecule has 8 nitrogen and oxygen atoms in total. The Kier molecular flexibility index (Phi) is 16.4. The van der Waals surface area contributed by atoms with Crippen LogP contribution in [0.2, 0.25) is 0 Å². The lowest BCUT2D eigenvalue weighted by atomic mass is 9.89. The summed E-state index contributed by atoms with van der Waals surface area (Å²) >= 11 is 0. The molecule has 218 valence electrons. The number of hydrogen-bond acceptors (Lipinski definition) is 7. The first-order chi connectivity index (χ1) is 18.9. The standard InChI is InChI=1S/C31H48N2O6/c1-2-33-30(36)16-10-4-3-9-15-26-27(21-20-25(34)19-18-24-13-7-5-8-14-24)29(23-28(26)35)39-31(37)17-11-6-12-22-38-32/h3,5,7-9,13-14,20-21,25-29,34-35H,2,4,6,10-12,15-19,22-23,32H2,1H3,(H,33,36)/b9-3-,21-20+/t25-,26+,27+,28-,29+/m0/s1. The second kappa shape index (κ2) is 19.5. The van der Waals surface area contributed by atoms with Crippen LogP contribution in [0.3, 0.4) is 0 Å². The van der Waals surface area contributed by atoms with Gasteiger partial charge in [0.2, 0.25) is 5.91 Å². The minimum atomic E-state index is -0.630. The van der Waals surface area contributed by atoms with Crippen LogP contribution < -0.4 is 11.2 Å². The van der Waals surface area contributed by atoms with Crippen LogP contribution in [0.1, 0.15) is 76.7 Å². The highest BCUT2D eigenvalue weighted by molar-refractivity contribution is 5.75. The van der Waals surface area contributed by atoms with Crippen LogP contribution in [-0.2, 0) is 25.6 Å². The molecule has 39 heavy (non-hydrogen) atoms. The van der Waals surface area contributed by atoms with Crippen molar-refractivity contribution in [1.29, 1.82) is 0 Å². The summed E-state index contributed by atoms with van der Waals surface area (Å²) < 4.78 is 5.83. The largest absolute Gasteiger partial charge is 0.462 e. The van der Waals surface area contributed by atoms with Gasteiger partial charge in [0, 0.05) is 31.7 Å². The summed E-state index contributed by atoms with van der Waals surface area (Å²) in [5.41, 5.74) is 1.17. The maximum atomic E-state index is 12.5. The molecule has 0 spiro atoms. The van der Waals surface area contributed by atoms with Crippen LogP contribution >= 0.6 is 0 Å². The van der Waals surface area contributed by atoms with E-state index in [1.807, 2.05) is 55.5 Å². The average Bonchev–Trinajstić information content (AvgIpc) is 3.21. The zero-order chi connectivity index (χ0) is 28.3. The highest BCUT2D eigenvalue weighted by Crippen LogP contribution is 2.38. The van der Waals surface area contributed by atoms with Gasteiger partial charge in [-0.2, -0.15) is 0 Å². The Morgan fingerprint density at radius 1 is 1.13 bits per heavy atom. The number of hydrogen-bond donors (Lipinski definition) is 4. The maximum absolute atomic E-state index is 12.5. The van der Waals surface area contributed by atoms with Crippen molar-refractivity contribution in [2.24, 2.45) is 17.7 Å². The molecule has 8 heteroatoms. The third-order valence-corrected chi connectivity index (χ3v) is 7.17. The lowest BCUT2D eigenvalue weighted by Crippen LogP contribution is -2.25. The second-order valence-electron chi connectivity index (χ2n) is 10.3. The van der Waals surface area contributed by atoms with Gasteiger partial charge in [-0.25, -0.2) is 5.90 Å². The van der Waals surface area contributed by atoms with Gasteiger partial charge in [-0.1, -0.05) is 61.1 Å².